The summed E-state index contributed by atoms with van der Waals surface area (Å²) in [6.07, 6.45) is 77.5. The first kappa shape index (κ1) is 67.6. The van der Waals surface area contributed by atoms with Gasteiger partial charge in [-0.15, -0.1) is 0 Å². The monoisotopic (exact) mass is 989 g/mol. The van der Waals surface area contributed by atoms with Gasteiger partial charge in [0.1, 0.15) is 13.2 Å². The zero-order valence-corrected chi connectivity index (χ0v) is 46.7. The van der Waals surface area contributed by atoms with Crippen molar-refractivity contribution in [3.05, 3.63) is 85.1 Å². The van der Waals surface area contributed by atoms with Gasteiger partial charge in [-0.25, -0.2) is 0 Å². The Hall–Kier alpha value is -3.41. The summed E-state index contributed by atoms with van der Waals surface area (Å²) in [6, 6.07) is 0. The molecule has 0 aromatic carbocycles. The molecule has 0 aliphatic carbocycles. The van der Waals surface area contributed by atoms with Crippen molar-refractivity contribution in [2.75, 3.05) is 13.2 Å². The second kappa shape index (κ2) is 59.2. The Morgan fingerprint density at radius 3 is 0.859 bits per heavy atom. The van der Waals surface area contributed by atoms with Crippen LogP contribution in [-0.2, 0) is 28.6 Å². The predicted molar refractivity (Wildman–Crippen MR) is 307 cm³/mol. The van der Waals surface area contributed by atoms with Crippen LogP contribution in [0.25, 0.3) is 0 Å². The lowest BCUT2D eigenvalue weighted by molar-refractivity contribution is -0.167. The molecule has 0 saturated heterocycles. The Kier molecular flexibility index (Phi) is 56.3. The van der Waals surface area contributed by atoms with E-state index in [0.717, 1.165) is 109 Å². The lowest BCUT2D eigenvalue weighted by Crippen LogP contribution is -2.30. The van der Waals surface area contributed by atoms with Gasteiger partial charge < -0.3 is 14.2 Å². The molecule has 6 nitrogen and oxygen atoms in total. The van der Waals surface area contributed by atoms with Crippen LogP contribution in [0.4, 0.5) is 0 Å². The highest BCUT2D eigenvalue weighted by atomic mass is 16.6. The zero-order valence-electron chi connectivity index (χ0n) is 46.7. The van der Waals surface area contributed by atoms with Crippen LogP contribution in [0.5, 0.6) is 0 Å². The van der Waals surface area contributed by atoms with Gasteiger partial charge in [-0.05, 0) is 77.0 Å². The van der Waals surface area contributed by atoms with E-state index in [9.17, 15) is 14.4 Å². The number of carbonyl (C=O) groups excluding carboxylic acids is 3. The van der Waals surface area contributed by atoms with E-state index in [0.29, 0.717) is 19.3 Å². The Morgan fingerprint density at radius 2 is 0.549 bits per heavy atom. The number of rotatable bonds is 54. The summed E-state index contributed by atoms with van der Waals surface area (Å²) in [5.41, 5.74) is 0. The first-order valence-corrected chi connectivity index (χ1v) is 30.1. The van der Waals surface area contributed by atoms with Crippen molar-refractivity contribution in [3.8, 4) is 0 Å². The number of carbonyl (C=O) groups is 3. The zero-order chi connectivity index (χ0) is 51.4. The van der Waals surface area contributed by atoms with Gasteiger partial charge in [0.2, 0.25) is 0 Å². The molecule has 0 saturated carbocycles. The summed E-state index contributed by atoms with van der Waals surface area (Å²) in [7, 11) is 0. The summed E-state index contributed by atoms with van der Waals surface area (Å²) in [5.74, 6) is -0.889. The van der Waals surface area contributed by atoms with E-state index in [1.807, 2.05) is 0 Å². The van der Waals surface area contributed by atoms with Crippen LogP contribution in [0.2, 0.25) is 0 Å². The van der Waals surface area contributed by atoms with Crippen LogP contribution in [0.1, 0.15) is 290 Å². The van der Waals surface area contributed by atoms with E-state index in [-0.39, 0.29) is 31.1 Å². The van der Waals surface area contributed by atoms with Gasteiger partial charge >= 0.3 is 17.9 Å². The van der Waals surface area contributed by atoms with Gasteiger partial charge in [0, 0.05) is 19.3 Å². The molecular formula is C65H112O6. The van der Waals surface area contributed by atoms with E-state index < -0.39 is 6.10 Å². The third-order valence-electron chi connectivity index (χ3n) is 12.9. The van der Waals surface area contributed by atoms with E-state index >= 15 is 0 Å². The quantitative estimate of drug-likeness (QED) is 0.0261. The number of ether oxygens (including phenoxy) is 3. The maximum absolute atomic E-state index is 12.8. The van der Waals surface area contributed by atoms with Crippen molar-refractivity contribution in [1.29, 1.82) is 0 Å². The summed E-state index contributed by atoms with van der Waals surface area (Å²) in [4.78, 5) is 37.9. The fourth-order valence-corrected chi connectivity index (χ4v) is 8.42. The average Bonchev–Trinajstić information content (AvgIpc) is 3.37. The van der Waals surface area contributed by atoms with Gasteiger partial charge in [-0.2, -0.15) is 0 Å². The van der Waals surface area contributed by atoms with Crippen LogP contribution in [-0.4, -0.2) is 37.2 Å². The topological polar surface area (TPSA) is 78.9 Å². The molecule has 1 unspecified atom stereocenters. The van der Waals surface area contributed by atoms with Crippen molar-refractivity contribution in [2.24, 2.45) is 0 Å². The van der Waals surface area contributed by atoms with Gasteiger partial charge in [-0.3, -0.25) is 14.4 Å². The second-order valence-corrected chi connectivity index (χ2v) is 19.9. The standard InChI is InChI=1S/C65H112O6/c1-4-7-10-13-16-18-20-22-24-26-28-29-30-31-32-33-34-35-36-37-38-40-41-43-45-47-49-52-55-58-64(67)70-61-62(60-69-63(66)57-54-51-15-12-9-6-3)71-65(68)59-56-53-50-48-46-44-42-39-27-25-23-21-19-17-14-11-8-5-2/h7,10,16,18,22,24,28-29,31-32,34-35,37-38,62H,4-6,8-9,11-15,17,19-21,23,25-27,30,33,36,39-61H2,1-3H3/b10-7-,18-16-,24-22-,29-28-,32-31-,35-34-,38-37-. The third kappa shape index (κ3) is 57.4. The number of unbranched alkanes of at least 4 members (excludes halogenated alkanes) is 29. The predicted octanol–water partition coefficient (Wildman–Crippen LogP) is 20.3. The average molecular weight is 990 g/mol. The molecule has 0 heterocycles. The summed E-state index contributed by atoms with van der Waals surface area (Å²) in [6.45, 7) is 6.48. The van der Waals surface area contributed by atoms with Crippen LogP contribution in [0.15, 0.2) is 85.1 Å². The molecule has 0 aromatic rings. The molecule has 0 aliphatic heterocycles. The Bertz CT molecular complexity index is 1370. The number of esters is 3. The Balaban J connectivity index is 4.13. The Morgan fingerprint density at radius 1 is 0.296 bits per heavy atom. The molecule has 0 radical (unpaired) electrons. The van der Waals surface area contributed by atoms with Crippen molar-refractivity contribution < 1.29 is 28.6 Å². The van der Waals surface area contributed by atoms with Crippen LogP contribution in [0.3, 0.4) is 0 Å². The second-order valence-electron chi connectivity index (χ2n) is 19.9. The first-order valence-electron chi connectivity index (χ1n) is 30.1. The van der Waals surface area contributed by atoms with Gasteiger partial charge in [-0.1, -0.05) is 279 Å². The van der Waals surface area contributed by atoms with Crippen molar-refractivity contribution in [1.82, 2.24) is 0 Å². The minimum atomic E-state index is -0.776. The van der Waals surface area contributed by atoms with E-state index in [1.54, 1.807) is 0 Å². The molecule has 0 aromatic heterocycles. The van der Waals surface area contributed by atoms with Crippen LogP contribution >= 0.6 is 0 Å². The smallest absolute Gasteiger partial charge is 0.306 e. The SMILES string of the molecule is CC/C=C\C/C=C\C/C=C\C/C=C\C/C=C\C/C=C\C/C=C\CCCCCCCCCC(=O)OCC(COC(=O)CCCCCCCC)OC(=O)CCCCCCCCCCCCCCCCCCCC. The molecule has 0 aliphatic rings. The fourth-order valence-electron chi connectivity index (χ4n) is 8.42. The lowest BCUT2D eigenvalue weighted by atomic mass is 10.0. The first-order chi connectivity index (χ1) is 35.0. The molecule has 0 spiro atoms. The summed E-state index contributed by atoms with van der Waals surface area (Å²) in [5, 5.41) is 0. The van der Waals surface area contributed by atoms with E-state index in [4.69, 9.17) is 14.2 Å². The minimum absolute atomic E-state index is 0.0773. The molecule has 408 valence electrons. The number of hydrogen-bond donors (Lipinski definition) is 0. The third-order valence-corrected chi connectivity index (χ3v) is 12.9. The summed E-state index contributed by atoms with van der Waals surface area (Å²) < 4.78 is 16.8. The molecule has 0 N–H and O–H groups in total. The van der Waals surface area contributed by atoms with Crippen molar-refractivity contribution in [2.45, 2.75) is 297 Å². The van der Waals surface area contributed by atoms with Crippen molar-refractivity contribution >= 4 is 17.9 Å². The molecular weight excluding hydrogens is 877 g/mol. The molecule has 71 heavy (non-hydrogen) atoms. The molecule has 0 rings (SSSR count). The summed E-state index contributed by atoms with van der Waals surface area (Å²) >= 11 is 0. The Labute approximate surface area is 439 Å². The van der Waals surface area contributed by atoms with Crippen LogP contribution < -0.4 is 0 Å². The van der Waals surface area contributed by atoms with Gasteiger partial charge in [0.25, 0.3) is 0 Å². The molecule has 0 bridgehead atoms. The maximum Gasteiger partial charge on any atom is 0.306 e. The van der Waals surface area contributed by atoms with Gasteiger partial charge in [0.05, 0.1) is 0 Å². The lowest BCUT2D eigenvalue weighted by Gasteiger charge is -2.18. The highest BCUT2D eigenvalue weighted by Gasteiger charge is 2.19. The van der Waals surface area contributed by atoms with E-state index in [2.05, 4.69) is 106 Å². The van der Waals surface area contributed by atoms with Crippen molar-refractivity contribution in [3.63, 3.8) is 0 Å². The normalized spacial score (nSPS) is 12.7. The van der Waals surface area contributed by atoms with Gasteiger partial charge in [0.15, 0.2) is 6.10 Å². The number of hydrogen-bond acceptors (Lipinski definition) is 6. The fraction of sp³-hybridized carbons (Fsp3) is 0.738. The molecule has 0 amide bonds. The highest BCUT2D eigenvalue weighted by molar-refractivity contribution is 5.71. The maximum atomic E-state index is 12.8. The van der Waals surface area contributed by atoms with Crippen LogP contribution in [0, 0.1) is 0 Å². The molecule has 1 atom stereocenters. The molecule has 0 fully saturated rings. The number of allylic oxidation sites excluding steroid dienone is 14. The highest BCUT2D eigenvalue weighted by Crippen LogP contribution is 2.16. The van der Waals surface area contributed by atoms with E-state index in [1.165, 1.54) is 141 Å². The molecule has 6 heteroatoms. The largest absolute Gasteiger partial charge is 0.462 e. The minimum Gasteiger partial charge on any atom is -0.462 e.